The Morgan fingerprint density at radius 1 is 1.35 bits per heavy atom. The summed E-state index contributed by atoms with van der Waals surface area (Å²) in [6, 6.07) is 3.95. The summed E-state index contributed by atoms with van der Waals surface area (Å²) < 4.78 is 25.6. The van der Waals surface area contributed by atoms with Gasteiger partial charge in [0.25, 0.3) is 0 Å². The lowest BCUT2D eigenvalue weighted by Gasteiger charge is -2.14. The van der Waals surface area contributed by atoms with Gasteiger partial charge in [-0.25, -0.2) is 8.78 Å². The third kappa shape index (κ3) is 5.02. The molecular formula is C12H17F2NOS. The number of rotatable bonds is 7. The quantitative estimate of drug-likeness (QED) is 0.739. The van der Waals surface area contributed by atoms with Crippen molar-refractivity contribution < 1.29 is 13.9 Å². The fraction of sp³-hybridized carbons (Fsp3) is 0.500. The van der Waals surface area contributed by atoms with Gasteiger partial charge in [-0.15, -0.1) is 11.8 Å². The molecule has 1 aromatic carbocycles. The van der Waals surface area contributed by atoms with E-state index < -0.39 is 11.6 Å². The van der Waals surface area contributed by atoms with Crippen molar-refractivity contribution >= 4 is 11.8 Å². The topological polar surface area (TPSA) is 32.3 Å². The predicted octanol–water partition coefficient (Wildman–Crippen LogP) is 2.42. The number of likely N-dealkylation sites (N-methyl/N-ethyl adjacent to an activating group) is 1. The average Bonchev–Trinajstić information content (AvgIpc) is 2.32. The Hall–Kier alpha value is -0.650. The van der Waals surface area contributed by atoms with Gasteiger partial charge in [0.2, 0.25) is 0 Å². The maximum Gasteiger partial charge on any atom is 0.159 e. The van der Waals surface area contributed by atoms with Crippen LogP contribution in [0.4, 0.5) is 8.78 Å². The van der Waals surface area contributed by atoms with E-state index in [9.17, 15) is 8.78 Å². The molecule has 96 valence electrons. The SMILES string of the molecule is CCNC(CO)CCSc1ccc(F)c(F)c1. The number of aliphatic hydroxyl groups is 1. The summed E-state index contributed by atoms with van der Waals surface area (Å²) in [5, 5.41) is 12.2. The molecule has 0 saturated heterocycles. The van der Waals surface area contributed by atoms with Crippen LogP contribution in [0.15, 0.2) is 23.1 Å². The lowest BCUT2D eigenvalue weighted by molar-refractivity contribution is 0.242. The Morgan fingerprint density at radius 3 is 2.71 bits per heavy atom. The van der Waals surface area contributed by atoms with Gasteiger partial charge in [-0.3, -0.25) is 0 Å². The fourth-order valence-corrected chi connectivity index (χ4v) is 2.42. The van der Waals surface area contributed by atoms with E-state index in [1.807, 2.05) is 6.92 Å². The molecule has 0 fully saturated rings. The molecule has 5 heteroatoms. The molecule has 1 atom stereocenters. The van der Waals surface area contributed by atoms with Gasteiger partial charge in [0, 0.05) is 10.9 Å². The molecule has 1 rings (SSSR count). The molecule has 1 unspecified atom stereocenters. The van der Waals surface area contributed by atoms with Gasteiger partial charge in [-0.2, -0.15) is 0 Å². The van der Waals surface area contributed by atoms with Gasteiger partial charge in [-0.05, 0) is 36.9 Å². The molecule has 0 spiro atoms. The zero-order valence-corrected chi connectivity index (χ0v) is 10.6. The van der Waals surface area contributed by atoms with E-state index in [4.69, 9.17) is 5.11 Å². The third-order valence-corrected chi connectivity index (χ3v) is 3.37. The van der Waals surface area contributed by atoms with Crippen LogP contribution in [-0.4, -0.2) is 30.1 Å². The molecule has 17 heavy (non-hydrogen) atoms. The van der Waals surface area contributed by atoms with E-state index in [1.165, 1.54) is 17.8 Å². The van der Waals surface area contributed by atoms with E-state index in [-0.39, 0.29) is 12.6 Å². The first-order valence-corrected chi connectivity index (χ1v) is 6.58. The molecule has 1 aromatic rings. The van der Waals surface area contributed by atoms with Gasteiger partial charge in [0.05, 0.1) is 6.61 Å². The molecule has 0 saturated carbocycles. The van der Waals surface area contributed by atoms with Crippen molar-refractivity contribution in [3.8, 4) is 0 Å². The number of nitrogens with one attached hydrogen (secondary N) is 1. The lowest BCUT2D eigenvalue weighted by Crippen LogP contribution is -2.32. The van der Waals surface area contributed by atoms with Crippen molar-refractivity contribution in [1.82, 2.24) is 5.32 Å². The van der Waals surface area contributed by atoms with Crippen LogP contribution in [0.25, 0.3) is 0 Å². The second-order valence-corrected chi connectivity index (χ2v) is 4.82. The van der Waals surface area contributed by atoms with Crippen LogP contribution in [0.2, 0.25) is 0 Å². The van der Waals surface area contributed by atoms with E-state index in [1.54, 1.807) is 6.07 Å². The minimum atomic E-state index is -0.824. The molecule has 0 bridgehead atoms. The predicted molar refractivity (Wildman–Crippen MR) is 66.2 cm³/mol. The van der Waals surface area contributed by atoms with Crippen LogP contribution in [0.3, 0.4) is 0 Å². The number of benzene rings is 1. The van der Waals surface area contributed by atoms with Crippen molar-refractivity contribution in [2.24, 2.45) is 0 Å². The Labute approximate surface area is 104 Å². The first-order valence-electron chi connectivity index (χ1n) is 5.59. The van der Waals surface area contributed by atoms with Gasteiger partial charge in [-0.1, -0.05) is 6.92 Å². The van der Waals surface area contributed by atoms with Crippen LogP contribution in [0.1, 0.15) is 13.3 Å². The van der Waals surface area contributed by atoms with Crippen molar-refractivity contribution in [3.63, 3.8) is 0 Å². The molecular weight excluding hydrogens is 244 g/mol. The molecule has 0 amide bonds. The molecule has 0 heterocycles. The van der Waals surface area contributed by atoms with Crippen LogP contribution < -0.4 is 5.32 Å². The Morgan fingerprint density at radius 2 is 2.12 bits per heavy atom. The minimum Gasteiger partial charge on any atom is -0.395 e. The molecule has 0 radical (unpaired) electrons. The van der Waals surface area contributed by atoms with Crippen LogP contribution in [-0.2, 0) is 0 Å². The number of hydrogen-bond donors (Lipinski definition) is 2. The van der Waals surface area contributed by atoms with E-state index in [0.29, 0.717) is 4.90 Å². The Balaban J connectivity index is 2.37. The summed E-state index contributed by atoms with van der Waals surface area (Å²) in [5.41, 5.74) is 0. The zero-order chi connectivity index (χ0) is 12.7. The highest BCUT2D eigenvalue weighted by atomic mass is 32.2. The number of aliphatic hydroxyl groups excluding tert-OH is 1. The summed E-state index contributed by atoms with van der Waals surface area (Å²) in [6.45, 7) is 2.87. The normalized spacial score (nSPS) is 12.7. The van der Waals surface area contributed by atoms with Crippen molar-refractivity contribution in [2.45, 2.75) is 24.3 Å². The van der Waals surface area contributed by atoms with E-state index in [0.717, 1.165) is 24.8 Å². The van der Waals surface area contributed by atoms with E-state index >= 15 is 0 Å². The van der Waals surface area contributed by atoms with Gasteiger partial charge in [0.15, 0.2) is 11.6 Å². The molecule has 2 N–H and O–H groups in total. The van der Waals surface area contributed by atoms with Gasteiger partial charge >= 0.3 is 0 Å². The molecule has 0 aliphatic rings. The van der Waals surface area contributed by atoms with E-state index in [2.05, 4.69) is 5.32 Å². The summed E-state index contributed by atoms with van der Waals surface area (Å²) in [4.78, 5) is 0.706. The van der Waals surface area contributed by atoms with Crippen molar-refractivity contribution in [3.05, 3.63) is 29.8 Å². The van der Waals surface area contributed by atoms with Crippen molar-refractivity contribution in [1.29, 1.82) is 0 Å². The zero-order valence-electron chi connectivity index (χ0n) is 9.75. The monoisotopic (exact) mass is 261 g/mol. The summed E-state index contributed by atoms with van der Waals surface area (Å²) in [5.74, 6) is -0.890. The van der Waals surface area contributed by atoms with Crippen LogP contribution in [0.5, 0.6) is 0 Å². The van der Waals surface area contributed by atoms with Gasteiger partial charge < -0.3 is 10.4 Å². The van der Waals surface area contributed by atoms with Gasteiger partial charge in [0.1, 0.15) is 0 Å². The highest BCUT2D eigenvalue weighted by Gasteiger charge is 2.07. The average molecular weight is 261 g/mol. The first-order chi connectivity index (χ1) is 8.17. The smallest absolute Gasteiger partial charge is 0.159 e. The second-order valence-electron chi connectivity index (χ2n) is 3.65. The Kier molecular flexibility index (Phi) is 6.47. The highest BCUT2D eigenvalue weighted by Crippen LogP contribution is 2.21. The number of thioether (sulfide) groups is 1. The second kappa shape index (κ2) is 7.63. The largest absolute Gasteiger partial charge is 0.395 e. The number of halogens is 2. The summed E-state index contributed by atoms with van der Waals surface area (Å²) in [7, 11) is 0. The highest BCUT2D eigenvalue weighted by molar-refractivity contribution is 7.99. The standard InChI is InChI=1S/C12H17F2NOS/c1-2-15-9(8-16)5-6-17-10-3-4-11(13)12(14)7-10/h3-4,7,9,15-16H,2,5-6,8H2,1H3. The van der Waals surface area contributed by atoms with Crippen molar-refractivity contribution in [2.75, 3.05) is 18.9 Å². The van der Waals surface area contributed by atoms with Crippen LogP contribution in [0, 0.1) is 11.6 Å². The number of hydrogen-bond acceptors (Lipinski definition) is 3. The van der Waals surface area contributed by atoms with Crippen LogP contribution >= 0.6 is 11.8 Å². The molecule has 0 aliphatic carbocycles. The molecule has 0 aliphatic heterocycles. The lowest BCUT2D eigenvalue weighted by atomic mass is 10.2. The fourth-order valence-electron chi connectivity index (χ4n) is 1.43. The summed E-state index contributed by atoms with van der Waals surface area (Å²) >= 11 is 1.46. The minimum absolute atomic E-state index is 0.0674. The summed E-state index contributed by atoms with van der Waals surface area (Å²) in [6.07, 6.45) is 0.786. The third-order valence-electron chi connectivity index (χ3n) is 2.34. The molecule has 2 nitrogen and oxygen atoms in total. The maximum absolute atomic E-state index is 12.9. The maximum atomic E-state index is 12.9. The first kappa shape index (κ1) is 14.4. The molecule has 0 aromatic heterocycles. The Bertz CT molecular complexity index is 349.